The van der Waals surface area contributed by atoms with Gasteiger partial charge in [-0.05, 0) is 42.9 Å². The standard InChI is InChI=1S/C16H15Cl2N5O/c17-11-4-3-10(13(18)6-11)8-19-15-21-16-20-12(5-9-1-2-9)7-14(24)23(16)22-15/h3-4,6-7,9H,1-2,5,8H2,(H2,19,20,21,22). The number of hydrogen-bond acceptors (Lipinski definition) is 4. The molecule has 6 nitrogen and oxygen atoms in total. The van der Waals surface area contributed by atoms with Crippen molar-refractivity contribution >= 4 is 34.9 Å². The summed E-state index contributed by atoms with van der Waals surface area (Å²) in [5.74, 6) is 1.51. The van der Waals surface area contributed by atoms with Gasteiger partial charge in [0.2, 0.25) is 5.95 Å². The van der Waals surface area contributed by atoms with Crippen LogP contribution in [0.3, 0.4) is 0 Å². The van der Waals surface area contributed by atoms with Crippen LogP contribution in [0.4, 0.5) is 5.95 Å². The summed E-state index contributed by atoms with van der Waals surface area (Å²) in [6.07, 6.45) is 3.29. The van der Waals surface area contributed by atoms with E-state index >= 15 is 0 Å². The van der Waals surface area contributed by atoms with E-state index in [9.17, 15) is 4.79 Å². The highest BCUT2D eigenvalue weighted by Gasteiger charge is 2.22. The predicted octanol–water partition coefficient (Wildman–Crippen LogP) is 3.29. The van der Waals surface area contributed by atoms with E-state index in [2.05, 4.69) is 20.4 Å². The first-order valence-corrected chi connectivity index (χ1v) is 8.50. The van der Waals surface area contributed by atoms with E-state index in [1.807, 2.05) is 6.07 Å². The summed E-state index contributed by atoms with van der Waals surface area (Å²) < 4.78 is 1.34. The van der Waals surface area contributed by atoms with Gasteiger partial charge < -0.3 is 5.32 Å². The van der Waals surface area contributed by atoms with E-state index in [1.165, 1.54) is 17.4 Å². The van der Waals surface area contributed by atoms with E-state index in [4.69, 9.17) is 23.2 Å². The van der Waals surface area contributed by atoms with Crippen molar-refractivity contribution < 1.29 is 0 Å². The number of nitrogens with zero attached hydrogens (tertiary/aromatic N) is 3. The lowest BCUT2D eigenvalue weighted by Gasteiger charge is -2.05. The summed E-state index contributed by atoms with van der Waals surface area (Å²) in [4.78, 5) is 21.0. The molecule has 0 amide bonds. The van der Waals surface area contributed by atoms with Gasteiger partial charge in [-0.2, -0.15) is 9.50 Å². The normalized spacial score (nSPS) is 14.2. The number of benzene rings is 1. The van der Waals surface area contributed by atoms with Crippen LogP contribution in [0.5, 0.6) is 0 Å². The fraction of sp³-hybridized carbons (Fsp3) is 0.312. The minimum atomic E-state index is -0.152. The molecule has 24 heavy (non-hydrogen) atoms. The molecule has 3 aromatic rings. The second-order valence-corrected chi connectivity index (χ2v) is 6.87. The molecule has 8 heteroatoms. The Labute approximate surface area is 147 Å². The molecular formula is C16H15Cl2N5O. The van der Waals surface area contributed by atoms with Crippen molar-refractivity contribution in [2.24, 2.45) is 5.92 Å². The number of halogens is 2. The Balaban J connectivity index is 1.55. The van der Waals surface area contributed by atoms with E-state index in [-0.39, 0.29) is 5.56 Å². The van der Waals surface area contributed by atoms with Gasteiger partial charge in [0.1, 0.15) is 0 Å². The Kier molecular flexibility index (Phi) is 3.94. The van der Waals surface area contributed by atoms with Gasteiger partial charge in [0.05, 0.1) is 5.69 Å². The number of aromatic nitrogens is 4. The lowest BCUT2D eigenvalue weighted by atomic mass is 10.2. The van der Waals surface area contributed by atoms with Gasteiger partial charge >= 0.3 is 0 Å². The Morgan fingerprint density at radius 2 is 2.08 bits per heavy atom. The Morgan fingerprint density at radius 3 is 2.83 bits per heavy atom. The lowest BCUT2D eigenvalue weighted by molar-refractivity contribution is 0.786. The van der Waals surface area contributed by atoms with Crippen LogP contribution in [0.1, 0.15) is 24.1 Å². The molecule has 1 fully saturated rings. The average Bonchev–Trinajstić information content (AvgIpc) is 3.23. The van der Waals surface area contributed by atoms with Crippen molar-refractivity contribution in [1.29, 1.82) is 0 Å². The maximum absolute atomic E-state index is 12.2. The second kappa shape index (κ2) is 6.11. The van der Waals surface area contributed by atoms with Crippen molar-refractivity contribution in [3.63, 3.8) is 0 Å². The van der Waals surface area contributed by atoms with E-state index in [0.29, 0.717) is 34.2 Å². The Morgan fingerprint density at radius 1 is 1.25 bits per heavy atom. The number of nitrogens with one attached hydrogen (secondary N) is 2. The number of rotatable bonds is 5. The highest BCUT2D eigenvalue weighted by Crippen LogP contribution is 2.31. The number of aromatic amines is 1. The van der Waals surface area contributed by atoms with Crippen LogP contribution in [0, 0.1) is 5.92 Å². The monoisotopic (exact) mass is 363 g/mol. The lowest BCUT2D eigenvalue weighted by Crippen LogP contribution is -2.16. The quantitative estimate of drug-likeness (QED) is 0.729. The van der Waals surface area contributed by atoms with Crippen LogP contribution in [0.15, 0.2) is 29.1 Å². The van der Waals surface area contributed by atoms with Crippen LogP contribution in [0.25, 0.3) is 5.78 Å². The first kappa shape index (κ1) is 15.5. The van der Waals surface area contributed by atoms with Crippen molar-refractivity contribution in [3.05, 3.63) is 55.9 Å². The largest absolute Gasteiger partial charge is 0.350 e. The van der Waals surface area contributed by atoms with Gasteiger partial charge in [-0.15, -0.1) is 0 Å². The second-order valence-electron chi connectivity index (χ2n) is 6.03. The smallest absolute Gasteiger partial charge is 0.274 e. The molecule has 0 spiro atoms. The molecule has 0 unspecified atom stereocenters. The van der Waals surface area contributed by atoms with Crippen molar-refractivity contribution in [1.82, 2.24) is 19.6 Å². The van der Waals surface area contributed by atoms with Crippen molar-refractivity contribution in [2.75, 3.05) is 5.32 Å². The minimum absolute atomic E-state index is 0.152. The van der Waals surface area contributed by atoms with E-state index in [0.717, 1.165) is 17.7 Å². The molecule has 0 saturated heterocycles. The van der Waals surface area contributed by atoms with E-state index in [1.54, 1.807) is 18.2 Å². The number of H-pyrrole nitrogens is 1. The third kappa shape index (κ3) is 3.25. The molecule has 2 N–H and O–H groups in total. The Bertz CT molecular complexity index is 961. The first-order chi connectivity index (χ1) is 11.6. The zero-order chi connectivity index (χ0) is 16.7. The number of anilines is 1. The molecule has 0 bridgehead atoms. The summed E-state index contributed by atoms with van der Waals surface area (Å²) >= 11 is 12.0. The molecule has 1 aliphatic rings. The van der Waals surface area contributed by atoms with Gasteiger partial charge in [0.15, 0.2) is 0 Å². The van der Waals surface area contributed by atoms with Crippen molar-refractivity contribution in [2.45, 2.75) is 25.8 Å². The van der Waals surface area contributed by atoms with Crippen LogP contribution >= 0.6 is 23.2 Å². The zero-order valence-electron chi connectivity index (χ0n) is 12.7. The molecule has 1 saturated carbocycles. The third-order valence-electron chi connectivity index (χ3n) is 4.04. The maximum Gasteiger partial charge on any atom is 0.274 e. The summed E-state index contributed by atoms with van der Waals surface area (Å²) in [5, 5.41) is 7.19. The van der Waals surface area contributed by atoms with Gasteiger partial charge in [-0.3, -0.25) is 9.89 Å². The van der Waals surface area contributed by atoms with Gasteiger partial charge in [-0.1, -0.05) is 29.3 Å². The Hall–Kier alpha value is -2.05. The molecule has 124 valence electrons. The molecule has 1 aromatic carbocycles. The maximum atomic E-state index is 12.2. The summed E-state index contributed by atoms with van der Waals surface area (Å²) in [6.45, 7) is 0.458. The van der Waals surface area contributed by atoms with Gasteiger partial charge in [0, 0.05) is 22.7 Å². The minimum Gasteiger partial charge on any atom is -0.350 e. The number of hydrogen-bond donors (Lipinski definition) is 2. The topological polar surface area (TPSA) is 75.1 Å². The van der Waals surface area contributed by atoms with Crippen molar-refractivity contribution in [3.8, 4) is 0 Å². The summed E-state index contributed by atoms with van der Waals surface area (Å²) in [5.41, 5.74) is 1.54. The molecule has 1 aliphatic carbocycles. The average molecular weight is 364 g/mol. The van der Waals surface area contributed by atoms with Crippen LogP contribution in [-0.4, -0.2) is 19.6 Å². The third-order valence-corrected chi connectivity index (χ3v) is 4.63. The fourth-order valence-corrected chi connectivity index (χ4v) is 3.05. The highest BCUT2D eigenvalue weighted by molar-refractivity contribution is 6.35. The molecule has 2 aromatic heterocycles. The van der Waals surface area contributed by atoms with Crippen LogP contribution in [-0.2, 0) is 13.0 Å². The molecular weight excluding hydrogens is 349 g/mol. The molecule has 4 rings (SSSR count). The van der Waals surface area contributed by atoms with Gasteiger partial charge in [-0.25, -0.2) is 4.98 Å². The predicted molar refractivity (Wildman–Crippen MR) is 93.8 cm³/mol. The zero-order valence-corrected chi connectivity index (χ0v) is 14.2. The fourth-order valence-electron chi connectivity index (χ4n) is 2.57. The molecule has 0 aliphatic heterocycles. The van der Waals surface area contributed by atoms with Crippen LogP contribution in [0.2, 0.25) is 10.0 Å². The number of fused-ring (bicyclic) bond motifs is 1. The summed E-state index contributed by atoms with van der Waals surface area (Å²) in [6, 6.07) is 6.89. The van der Waals surface area contributed by atoms with Gasteiger partial charge in [0.25, 0.3) is 11.3 Å². The molecule has 0 radical (unpaired) electrons. The van der Waals surface area contributed by atoms with E-state index < -0.39 is 0 Å². The SMILES string of the molecule is O=c1cc(CC2CC2)nc2nc(NCc3ccc(Cl)cc3Cl)[nH]n12. The molecule has 2 heterocycles. The molecule has 0 atom stereocenters. The summed E-state index contributed by atoms with van der Waals surface area (Å²) in [7, 11) is 0. The highest BCUT2D eigenvalue weighted by atomic mass is 35.5. The van der Waals surface area contributed by atoms with Crippen LogP contribution < -0.4 is 10.9 Å². The first-order valence-electron chi connectivity index (χ1n) is 7.75.